The lowest BCUT2D eigenvalue weighted by molar-refractivity contribution is -0.150. The molecule has 6 heteroatoms. The minimum absolute atomic E-state index is 0.248. The van der Waals surface area contributed by atoms with Gasteiger partial charge in [0.2, 0.25) is 0 Å². The van der Waals surface area contributed by atoms with Crippen molar-refractivity contribution in [3.8, 4) is 0 Å². The van der Waals surface area contributed by atoms with E-state index in [4.69, 9.17) is 0 Å². The van der Waals surface area contributed by atoms with Gasteiger partial charge in [-0.2, -0.15) is 0 Å². The summed E-state index contributed by atoms with van der Waals surface area (Å²) in [5.41, 5.74) is -0.248. The number of aliphatic carboxylic acids is 1. The Balaban J connectivity index is 1.98. The fraction of sp³-hybridized carbons (Fsp3) is 0.933. The fourth-order valence-electron chi connectivity index (χ4n) is 3.83. The van der Waals surface area contributed by atoms with Crippen LogP contribution in [0.2, 0.25) is 0 Å². The Morgan fingerprint density at radius 3 is 2.24 bits per heavy atom. The van der Waals surface area contributed by atoms with Gasteiger partial charge in [-0.3, -0.25) is 4.79 Å². The first kappa shape index (κ1) is 16.7. The molecule has 1 aliphatic heterocycles. The van der Waals surface area contributed by atoms with Crippen molar-refractivity contribution in [3.05, 3.63) is 0 Å². The molecule has 0 radical (unpaired) electrons. The molecule has 2 rings (SSSR count). The van der Waals surface area contributed by atoms with Crippen molar-refractivity contribution in [1.82, 2.24) is 5.32 Å². The number of hydrogen-bond donors (Lipinski definition) is 2. The van der Waals surface area contributed by atoms with Gasteiger partial charge in [0, 0.05) is 12.1 Å². The van der Waals surface area contributed by atoms with Gasteiger partial charge in [0.15, 0.2) is 0 Å². The van der Waals surface area contributed by atoms with Crippen molar-refractivity contribution in [2.75, 3.05) is 11.5 Å². The van der Waals surface area contributed by atoms with Crippen LogP contribution in [0.3, 0.4) is 0 Å². The maximum Gasteiger partial charge on any atom is 0.307 e. The van der Waals surface area contributed by atoms with E-state index in [0.717, 1.165) is 6.42 Å². The largest absolute Gasteiger partial charge is 0.481 e. The molecule has 2 fully saturated rings. The number of nitrogens with one attached hydrogen (secondary N) is 1. The monoisotopic (exact) mass is 317 g/mol. The van der Waals surface area contributed by atoms with Gasteiger partial charge in [0.1, 0.15) is 9.84 Å². The number of carboxylic acids is 1. The molecule has 122 valence electrons. The van der Waals surface area contributed by atoms with Crippen LogP contribution in [0.4, 0.5) is 0 Å². The zero-order valence-electron chi connectivity index (χ0n) is 13.1. The van der Waals surface area contributed by atoms with Gasteiger partial charge in [-0.05, 0) is 37.0 Å². The molecule has 2 N–H and O–H groups in total. The van der Waals surface area contributed by atoms with Crippen molar-refractivity contribution < 1.29 is 18.3 Å². The Labute approximate surface area is 127 Å². The molecule has 0 spiro atoms. The third-order valence-corrected chi connectivity index (χ3v) is 7.46. The lowest BCUT2D eigenvalue weighted by Crippen LogP contribution is -2.54. The van der Waals surface area contributed by atoms with Gasteiger partial charge in [-0.25, -0.2) is 8.42 Å². The Hall–Kier alpha value is -0.620. The smallest absolute Gasteiger partial charge is 0.307 e. The second-order valence-electron chi connectivity index (χ2n) is 7.28. The van der Waals surface area contributed by atoms with Crippen LogP contribution in [-0.4, -0.2) is 43.1 Å². The number of carbonyl (C=O) groups is 1. The first-order chi connectivity index (χ1) is 9.63. The third kappa shape index (κ3) is 3.59. The maximum atomic E-state index is 11.5. The van der Waals surface area contributed by atoms with E-state index >= 15 is 0 Å². The van der Waals surface area contributed by atoms with Crippen LogP contribution in [0.25, 0.3) is 0 Å². The highest BCUT2D eigenvalue weighted by Gasteiger charge is 2.46. The molecule has 1 saturated carbocycles. The summed E-state index contributed by atoms with van der Waals surface area (Å²) in [6.45, 7) is 6.19. The normalized spacial score (nSPS) is 36.2. The van der Waals surface area contributed by atoms with Crippen molar-refractivity contribution in [3.63, 3.8) is 0 Å². The third-order valence-electron chi connectivity index (χ3n) is 5.74. The topological polar surface area (TPSA) is 83.5 Å². The number of rotatable bonds is 3. The van der Waals surface area contributed by atoms with Crippen LogP contribution in [0.1, 0.15) is 46.5 Å². The molecule has 21 heavy (non-hydrogen) atoms. The molecule has 0 aromatic carbocycles. The summed E-state index contributed by atoms with van der Waals surface area (Å²) in [6, 6.07) is 0.527. The van der Waals surface area contributed by atoms with Crippen LogP contribution in [0.5, 0.6) is 0 Å². The summed E-state index contributed by atoms with van der Waals surface area (Å²) in [7, 11) is -2.83. The first-order valence-electron chi connectivity index (χ1n) is 7.83. The highest BCUT2D eigenvalue weighted by Crippen LogP contribution is 2.45. The number of sulfone groups is 1. The maximum absolute atomic E-state index is 11.5. The van der Waals surface area contributed by atoms with E-state index in [0.29, 0.717) is 19.3 Å². The van der Waals surface area contributed by atoms with Crippen molar-refractivity contribution in [2.24, 2.45) is 17.3 Å². The zero-order valence-corrected chi connectivity index (χ0v) is 13.9. The van der Waals surface area contributed by atoms with Gasteiger partial charge < -0.3 is 10.4 Å². The lowest BCUT2D eigenvalue weighted by Gasteiger charge is -2.47. The molecule has 1 saturated heterocycles. The fourth-order valence-corrected chi connectivity index (χ4v) is 5.32. The Bertz CT molecular complexity index is 486. The van der Waals surface area contributed by atoms with Crippen LogP contribution >= 0.6 is 0 Å². The SMILES string of the molecule is CC1C(NC2CCS(=O)(=O)CC2)CCC(C(=O)O)C1(C)C. The van der Waals surface area contributed by atoms with Gasteiger partial charge >= 0.3 is 5.97 Å². The highest BCUT2D eigenvalue weighted by atomic mass is 32.2. The van der Waals surface area contributed by atoms with E-state index in [1.54, 1.807) is 0 Å². The summed E-state index contributed by atoms with van der Waals surface area (Å²) in [5, 5.41) is 13.0. The summed E-state index contributed by atoms with van der Waals surface area (Å²) in [6.07, 6.45) is 2.89. The molecule has 1 heterocycles. The molecule has 3 atom stereocenters. The Morgan fingerprint density at radius 1 is 1.14 bits per heavy atom. The molecule has 1 aliphatic carbocycles. The highest BCUT2D eigenvalue weighted by molar-refractivity contribution is 7.91. The van der Waals surface area contributed by atoms with E-state index in [-0.39, 0.29) is 40.8 Å². The Kier molecular flexibility index (Phi) is 4.69. The molecule has 0 aromatic heterocycles. The molecule has 0 bridgehead atoms. The quantitative estimate of drug-likeness (QED) is 0.827. The number of hydrogen-bond acceptors (Lipinski definition) is 4. The van der Waals surface area contributed by atoms with Crippen LogP contribution < -0.4 is 5.32 Å². The van der Waals surface area contributed by atoms with Crippen LogP contribution in [0, 0.1) is 17.3 Å². The predicted octanol–water partition coefficient (Wildman–Crippen LogP) is 1.68. The minimum Gasteiger partial charge on any atom is -0.481 e. The standard InChI is InChI=1S/C15H27NO4S/c1-10-13(5-4-12(14(17)18)15(10,2)3)16-11-6-8-21(19,20)9-7-11/h10-13,16H,4-9H2,1-3H3,(H,17,18). The van der Waals surface area contributed by atoms with E-state index < -0.39 is 15.8 Å². The second kappa shape index (κ2) is 5.88. The minimum atomic E-state index is -2.83. The van der Waals surface area contributed by atoms with E-state index in [2.05, 4.69) is 12.2 Å². The van der Waals surface area contributed by atoms with Crippen LogP contribution in [0.15, 0.2) is 0 Å². The zero-order chi connectivity index (χ0) is 15.8. The predicted molar refractivity (Wildman–Crippen MR) is 81.9 cm³/mol. The Morgan fingerprint density at radius 2 is 1.71 bits per heavy atom. The van der Waals surface area contributed by atoms with E-state index in [9.17, 15) is 18.3 Å². The molecule has 3 unspecified atom stereocenters. The van der Waals surface area contributed by atoms with Crippen LogP contribution in [-0.2, 0) is 14.6 Å². The summed E-state index contributed by atoms with van der Waals surface area (Å²) in [5.74, 6) is -0.197. The average Bonchev–Trinajstić information content (AvgIpc) is 2.37. The van der Waals surface area contributed by atoms with Gasteiger partial charge in [0.05, 0.1) is 17.4 Å². The summed E-state index contributed by atoms with van der Waals surface area (Å²) >= 11 is 0. The van der Waals surface area contributed by atoms with E-state index in [1.165, 1.54) is 0 Å². The van der Waals surface area contributed by atoms with Gasteiger partial charge in [-0.15, -0.1) is 0 Å². The summed E-state index contributed by atoms with van der Waals surface area (Å²) in [4.78, 5) is 11.4. The molecule has 5 nitrogen and oxygen atoms in total. The number of carboxylic acid groups (broad SMARTS) is 1. The second-order valence-corrected chi connectivity index (χ2v) is 9.58. The molecular weight excluding hydrogens is 290 g/mol. The molecule has 0 amide bonds. The summed E-state index contributed by atoms with van der Waals surface area (Å²) < 4.78 is 23.0. The molecular formula is C15H27NO4S. The van der Waals surface area contributed by atoms with Crippen molar-refractivity contribution >= 4 is 15.8 Å². The van der Waals surface area contributed by atoms with Crippen molar-refractivity contribution in [1.29, 1.82) is 0 Å². The lowest BCUT2D eigenvalue weighted by atomic mass is 9.61. The van der Waals surface area contributed by atoms with Crippen molar-refractivity contribution in [2.45, 2.75) is 58.5 Å². The van der Waals surface area contributed by atoms with Gasteiger partial charge in [0.25, 0.3) is 0 Å². The van der Waals surface area contributed by atoms with E-state index in [1.807, 2.05) is 13.8 Å². The average molecular weight is 317 g/mol. The van der Waals surface area contributed by atoms with Gasteiger partial charge in [-0.1, -0.05) is 20.8 Å². The first-order valence-corrected chi connectivity index (χ1v) is 9.65. The molecule has 0 aromatic rings. The molecule has 2 aliphatic rings.